The van der Waals surface area contributed by atoms with Crippen LogP contribution in [0.15, 0.2) is 4.52 Å². The molecule has 0 saturated heterocycles. The van der Waals surface area contributed by atoms with Crippen molar-refractivity contribution < 1.29 is 9.32 Å². The van der Waals surface area contributed by atoms with Crippen molar-refractivity contribution >= 4 is 11.9 Å². The normalized spacial score (nSPS) is 9.55. The molecule has 0 fully saturated rings. The summed E-state index contributed by atoms with van der Waals surface area (Å²) >= 11 is 0. The minimum Gasteiger partial charge on any atom is -0.351 e. The third-order valence-electron chi connectivity index (χ3n) is 0.982. The number of hydrogen-bond donors (Lipinski definition) is 2. The number of nitrogen functional groups attached to an aromatic ring is 1. The molecular formula is C5H8N4O2. The van der Waals surface area contributed by atoms with Gasteiger partial charge in [0, 0.05) is 6.54 Å². The third-order valence-corrected chi connectivity index (χ3v) is 0.982. The first kappa shape index (κ1) is 7.52. The monoisotopic (exact) mass is 156 g/mol. The van der Waals surface area contributed by atoms with Gasteiger partial charge in [-0.25, -0.2) is 0 Å². The number of amides is 1. The first-order chi connectivity index (χ1) is 5.24. The van der Waals surface area contributed by atoms with Crippen LogP contribution >= 0.6 is 0 Å². The van der Waals surface area contributed by atoms with Crippen molar-refractivity contribution in [2.75, 3.05) is 12.3 Å². The van der Waals surface area contributed by atoms with Crippen LogP contribution in [0.1, 0.15) is 17.5 Å². The van der Waals surface area contributed by atoms with E-state index in [2.05, 4.69) is 20.0 Å². The fourth-order valence-electron chi connectivity index (χ4n) is 0.567. The fraction of sp³-hybridized carbons (Fsp3) is 0.400. The summed E-state index contributed by atoms with van der Waals surface area (Å²) in [7, 11) is 0. The SMILES string of the molecule is CCNC(=O)c1noc(N)n1. The predicted octanol–water partition coefficient (Wildman–Crippen LogP) is -0.599. The maximum Gasteiger partial charge on any atom is 0.319 e. The molecule has 0 spiro atoms. The number of nitrogens with two attached hydrogens (primary N) is 1. The van der Waals surface area contributed by atoms with E-state index in [9.17, 15) is 4.79 Å². The molecule has 0 bridgehead atoms. The van der Waals surface area contributed by atoms with Crippen LogP contribution in [-0.4, -0.2) is 22.6 Å². The number of nitrogens with one attached hydrogen (secondary N) is 1. The Kier molecular flexibility index (Phi) is 2.05. The van der Waals surface area contributed by atoms with E-state index in [1.165, 1.54) is 0 Å². The van der Waals surface area contributed by atoms with Crippen molar-refractivity contribution in [3.63, 3.8) is 0 Å². The van der Waals surface area contributed by atoms with Gasteiger partial charge in [0.15, 0.2) is 0 Å². The number of aromatic nitrogens is 2. The molecule has 6 nitrogen and oxygen atoms in total. The van der Waals surface area contributed by atoms with Gasteiger partial charge >= 0.3 is 6.01 Å². The molecule has 0 unspecified atom stereocenters. The molecule has 3 N–H and O–H groups in total. The van der Waals surface area contributed by atoms with Crippen LogP contribution in [0.2, 0.25) is 0 Å². The van der Waals surface area contributed by atoms with Gasteiger partial charge in [-0.05, 0) is 12.1 Å². The van der Waals surface area contributed by atoms with Crippen LogP contribution in [0.4, 0.5) is 6.01 Å². The number of nitrogens with zero attached hydrogens (tertiary/aromatic N) is 2. The molecule has 1 heterocycles. The molecule has 1 aromatic rings. The summed E-state index contributed by atoms with van der Waals surface area (Å²) in [6.45, 7) is 2.31. The van der Waals surface area contributed by atoms with Gasteiger partial charge in [0.2, 0.25) is 0 Å². The number of anilines is 1. The number of hydrogen-bond acceptors (Lipinski definition) is 5. The highest BCUT2D eigenvalue weighted by Crippen LogP contribution is 1.96. The van der Waals surface area contributed by atoms with Crippen LogP contribution in [0.5, 0.6) is 0 Å². The molecule has 0 radical (unpaired) electrons. The van der Waals surface area contributed by atoms with Crippen molar-refractivity contribution in [3.05, 3.63) is 5.82 Å². The third kappa shape index (κ3) is 1.66. The highest BCUT2D eigenvalue weighted by atomic mass is 16.5. The van der Waals surface area contributed by atoms with E-state index in [-0.39, 0.29) is 17.7 Å². The number of rotatable bonds is 2. The van der Waals surface area contributed by atoms with E-state index in [0.29, 0.717) is 6.54 Å². The van der Waals surface area contributed by atoms with E-state index >= 15 is 0 Å². The zero-order valence-electron chi connectivity index (χ0n) is 6.00. The van der Waals surface area contributed by atoms with Crippen molar-refractivity contribution in [1.29, 1.82) is 0 Å². The van der Waals surface area contributed by atoms with E-state index < -0.39 is 0 Å². The highest BCUT2D eigenvalue weighted by molar-refractivity contribution is 5.90. The second kappa shape index (κ2) is 3.00. The molecule has 1 rings (SSSR count). The number of carbonyl (C=O) groups excluding carboxylic acids is 1. The Hall–Kier alpha value is -1.59. The van der Waals surface area contributed by atoms with Crippen LogP contribution in [-0.2, 0) is 0 Å². The van der Waals surface area contributed by atoms with Gasteiger partial charge in [0.1, 0.15) is 0 Å². The molecule has 0 aliphatic rings. The quantitative estimate of drug-likeness (QED) is 0.596. The van der Waals surface area contributed by atoms with Gasteiger partial charge in [-0.2, -0.15) is 4.98 Å². The molecule has 1 amide bonds. The molecule has 1 aromatic heterocycles. The van der Waals surface area contributed by atoms with Gasteiger partial charge in [0.25, 0.3) is 11.7 Å². The smallest absolute Gasteiger partial charge is 0.319 e. The summed E-state index contributed by atoms with van der Waals surface area (Å²) in [5, 5.41) is 5.81. The molecule has 0 aliphatic heterocycles. The summed E-state index contributed by atoms with van der Waals surface area (Å²) < 4.78 is 4.39. The minimum atomic E-state index is -0.382. The van der Waals surface area contributed by atoms with E-state index in [1.54, 1.807) is 6.92 Å². The zero-order valence-corrected chi connectivity index (χ0v) is 6.00. The van der Waals surface area contributed by atoms with E-state index in [0.717, 1.165) is 0 Å². The second-order valence-electron chi connectivity index (χ2n) is 1.82. The lowest BCUT2D eigenvalue weighted by Crippen LogP contribution is -2.23. The van der Waals surface area contributed by atoms with Crippen LogP contribution in [0, 0.1) is 0 Å². The fourth-order valence-corrected chi connectivity index (χ4v) is 0.567. The van der Waals surface area contributed by atoms with Crippen molar-refractivity contribution in [1.82, 2.24) is 15.5 Å². The average molecular weight is 156 g/mol. The molecule has 0 saturated carbocycles. The van der Waals surface area contributed by atoms with Crippen molar-refractivity contribution in [2.24, 2.45) is 0 Å². The lowest BCUT2D eigenvalue weighted by Gasteiger charge is -1.92. The molecule has 0 aliphatic carbocycles. The Balaban J connectivity index is 2.69. The van der Waals surface area contributed by atoms with E-state index in [1.807, 2.05) is 0 Å². The van der Waals surface area contributed by atoms with E-state index in [4.69, 9.17) is 5.73 Å². The zero-order chi connectivity index (χ0) is 8.27. The molecule has 60 valence electrons. The Morgan fingerprint density at radius 2 is 2.55 bits per heavy atom. The standard InChI is InChI=1S/C5H8N4O2/c1-2-7-4(10)3-8-5(6)11-9-3/h2H2,1H3,(H,7,10)(H2,6,8,9). The Morgan fingerprint density at radius 3 is 3.00 bits per heavy atom. The van der Waals surface area contributed by atoms with Crippen LogP contribution in [0.25, 0.3) is 0 Å². The first-order valence-corrected chi connectivity index (χ1v) is 3.11. The average Bonchev–Trinajstić information content (AvgIpc) is 2.36. The molecule has 0 atom stereocenters. The summed E-state index contributed by atoms with van der Waals surface area (Å²) in [6.07, 6.45) is 0. The lowest BCUT2D eigenvalue weighted by molar-refractivity contribution is 0.0942. The lowest BCUT2D eigenvalue weighted by atomic mass is 10.5. The Bertz CT molecular complexity index is 257. The molecule has 6 heteroatoms. The topological polar surface area (TPSA) is 94.0 Å². The summed E-state index contributed by atoms with van der Waals surface area (Å²) in [5.41, 5.74) is 5.09. The van der Waals surface area contributed by atoms with Crippen LogP contribution < -0.4 is 11.1 Å². The maximum absolute atomic E-state index is 10.9. The number of carbonyl (C=O) groups is 1. The Labute approximate surface area is 62.8 Å². The van der Waals surface area contributed by atoms with Gasteiger partial charge in [-0.15, -0.1) is 0 Å². The van der Waals surface area contributed by atoms with Crippen LogP contribution in [0.3, 0.4) is 0 Å². The highest BCUT2D eigenvalue weighted by Gasteiger charge is 2.10. The largest absolute Gasteiger partial charge is 0.351 e. The first-order valence-electron chi connectivity index (χ1n) is 3.11. The Morgan fingerprint density at radius 1 is 1.82 bits per heavy atom. The molecule has 11 heavy (non-hydrogen) atoms. The summed E-state index contributed by atoms with van der Waals surface area (Å²) in [5.74, 6) is -0.419. The van der Waals surface area contributed by atoms with Gasteiger partial charge in [-0.1, -0.05) is 0 Å². The van der Waals surface area contributed by atoms with Gasteiger partial charge < -0.3 is 15.6 Å². The summed E-state index contributed by atoms with van der Waals surface area (Å²) in [4.78, 5) is 14.4. The minimum absolute atomic E-state index is 0.0376. The second-order valence-corrected chi connectivity index (χ2v) is 1.82. The maximum atomic E-state index is 10.9. The molecule has 0 aromatic carbocycles. The molecular weight excluding hydrogens is 148 g/mol. The predicted molar refractivity (Wildman–Crippen MR) is 36.7 cm³/mol. The van der Waals surface area contributed by atoms with Gasteiger partial charge in [0.05, 0.1) is 0 Å². The van der Waals surface area contributed by atoms with Crippen molar-refractivity contribution in [2.45, 2.75) is 6.92 Å². The van der Waals surface area contributed by atoms with Gasteiger partial charge in [-0.3, -0.25) is 4.79 Å². The summed E-state index contributed by atoms with van der Waals surface area (Å²) in [6, 6.07) is -0.105. The van der Waals surface area contributed by atoms with Crippen molar-refractivity contribution in [3.8, 4) is 0 Å².